The molecule has 2 aromatic rings. The summed E-state index contributed by atoms with van der Waals surface area (Å²) in [5.41, 5.74) is 0.709. The van der Waals surface area contributed by atoms with Crippen molar-refractivity contribution in [1.29, 1.82) is 0 Å². The molecule has 2 aromatic carbocycles. The van der Waals surface area contributed by atoms with Crippen LogP contribution in [0.15, 0.2) is 36.4 Å². The predicted molar refractivity (Wildman–Crippen MR) is 79.0 cm³/mol. The Bertz CT molecular complexity index is 546. The van der Waals surface area contributed by atoms with Crippen LogP contribution in [-0.4, -0.2) is 12.9 Å². The zero-order valence-electron chi connectivity index (χ0n) is 11.4. The van der Waals surface area contributed by atoms with Gasteiger partial charge in [0.1, 0.15) is 12.0 Å². The summed E-state index contributed by atoms with van der Waals surface area (Å²) >= 11 is 0. The lowest BCUT2D eigenvalue weighted by molar-refractivity contribution is 0.112. The Balaban J connectivity index is 1.99. The molecule has 0 heterocycles. The maximum atomic E-state index is 10.7. The summed E-state index contributed by atoms with van der Waals surface area (Å²) in [5, 5.41) is 2.18. The minimum absolute atomic E-state index is 0.709. The third-order valence-electron chi connectivity index (χ3n) is 3.24. The third kappa shape index (κ3) is 3.82. The van der Waals surface area contributed by atoms with Gasteiger partial charge in [0, 0.05) is 5.56 Å². The Morgan fingerprint density at radius 2 is 1.79 bits per heavy atom. The van der Waals surface area contributed by atoms with E-state index in [-0.39, 0.29) is 0 Å². The van der Waals surface area contributed by atoms with Crippen molar-refractivity contribution in [1.82, 2.24) is 0 Å². The van der Waals surface area contributed by atoms with Crippen LogP contribution < -0.4 is 4.74 Å². The van der Waals surface area contributed by atoms with E-state index in [1.54, 1.807) is 0 Å². The molecule has 0 spiro atoms. The van der Waals surface area contributed by atoms with Crippen LogP contribution in [0.4, 0.5) is 0 Å². The quantitative estimate of drug-likeness (QED) is 0.534. The topological polar surface area (TPSA) is 26.3 Å². The van der Waals surface area contributed by atoms with E-state index in [1.165, 1.54) is 19.3 Å². The highest BCUT2D eigenvalue weighted by molar-refractivity contribution is 5.89. The van der Waals surface area contributed by atoms with E-state index in [4.69, 9.17) is 4.74 Å². The van der Waals surface area contributed by atoms with Gasteiger partial charge >= 0.3 is 0 Å². The van der Waals surface area contributed by atoms with Crippen LogP contribution in [0.5, 0.6) is 5.75 Å². The first-order chi connectivity index (χ1) is 9.33. The van der Waals surface area contributed by atoms with Gasteiger partial charge in [-0.25, -0.2) is 0 Å². The second-order valence-corrected chi connectivity index (χ2v) is 4.80. The Hall–Kier alpha value is -1.83. The van der Waals surface area contributed by atoms with Gasteiger partial charge in [-0.1, -0.05) is 44.4 Å². The van der Waals surface area contributed by atoms with E-state index >= 15 is 0 Å². The van der Waals surface area contributed by atoms with E-state index in [0.717, 1.165) is 35.8 Å². The van der Waals surface area contributed by atoms with Gasteiger partial charge in [-0.2, -0.15) is 0 Å². The average Bonchev–Trinajstić information content (AvgIpc) is 2.46. The highest BCUT2D eigenvalue weighted by Crippen LogP contribution is 2.22. The van der Waals surface area contributed by atoms with Crippen molar-refractivity contribution < 1.29 is 9.53 Å². The number of benzene rings is 2. The van der Waals surface area contributed by atoms with Gasteiger partial charge in [0.25, 0.3) is 0 Å². The predicted octanol–water partition coefficient (Wildman–Crippen LogP) is 4.61. The van der Waals surface area contributed by atoms with Crippen molar-refractivity contribution in [2.24, 2.45) is 0 Å². The zero-order chi connectivity index (χ0) is 13.5. The lowest BCUT2D eigenvalue weighted by atomic mass is 10.1. The van der Waals surface area contributed by atoms with E-state index in [2.05, 4.69) is 6.92 Å². The molecule has 0 saturated carbocycles. The number of ether oxygens (including phenoxy) is 1. The van der Waals surface area contributed by atoms with Gasteiger partial charge < -0.3 is 4.74 Å². The number of rotatable bonds is 7. The molecular formula is C17H20O2. The summed E-state index contributed by atoms with van der Waals surface area (Å²) in [4.78, 5) is 10.7. The number of aldehydes is 1. The molecule has 0 aliphatic heterocycles. The Kier molecular flexibility index (Phi) is 4.96. The lowest BCUT2D eigenvalue weighted by Gasteiger charge is -2.07. The first-order valence-electron chi connectivity index (χ1n) is 6.95. The van der Waals surface area contributed by atoms with Crippen molar-refractivity contribution in [3.05, 3.63) is 42.0 Å². The first kappa shape index (κ1) is 13.6. The van der Waals surface area contributed by atoms with Crippen molar-refractivity contribution in [3.63, 3.8) is 0 Å². The van der Waals surface area contributed by atoms with Crippen LogP contribution in [-0.2, 0) is 0 Å². The van der Waals surface area contributed by atoms with Gasteiger partial charge in [0.05, 0.1) is 6.61 Å². The minimum Gasteiger partial charge on any atom is -0.494 e. The fourth-order valence-electron chi connectivity index (χ4n) is 2.12. The molecule has 0 atom stereocenters. The van der Waals surface area contributed by atoms with E-state index in [0.29, 0.717) is 5.56 Å². The highest BCUT2D eigenvalue weighted by atomic mass is 16.5. The molecule has 0 fully saturated rings. The van der Waals surface area contributed by atoms with Gasteiger partial charge in [-0.15, -0.1) is 0 Å². The molecule has 0 aliphatic rings. The van der Waals surface area contributed by atoms with Crippen LogP contribution >= 0.6 is 0 Å². The molecule has 0 N–H and O–H groups in total. The lowest BCUT2D eigenvalue weighted by Crippen LogP contribution is -1.97. The van der Waals surface area contributed by atoms with Crippen LogP contribution in [0.2, 0.25) is 0 Å². The third-order valence-corrected chi connectivity index (χ3v) is 3.24. The molecular weight excluding hydrogens is 236 g/mol. The molecule has 2 rings (SSSR count). The average molecular weight is 256 g/mol. The molecule has 0 unspecified atom stereocenters. The van der Waals surface area contributed by atoms with Crippen LogP contribution in [0, 0.1) is 0 Å². The number of hydrogen-bond donors (Lipinski definition) is 0. The zero-order valence-corrected chi connectivity index (χ0v) is 11.4. The fraction of sp³-hybridized carbons (Fsp3) is 0.353. The smallest absolute Gasteiger partial charge is 0.150 e. The second kappa shape index (κ2) is 6.93. The number of carbonyl (C=O) groups excluding carboxylic acids is 1. The van der Waals surface area contributed by atoms with Crippen molar-refractivity contribution in [2.75, 3.05) is 6.61 Å². The summed E-state index contributed by atoms with van der Waals surface area (Å²) in [5.74, 6) is 0.905. The summed E-state index contributed by atoms with van der Waals surface area (Å²) in [6.07, 6.45) is 5.73. The van der Waals surface area contributed by atoms with E-state index < -0.39 is 0 Å². The molecule has 19 heavy (non-hydrogen) atoms. The number of fused-ring (bicyclic) bond motifs is 1. The molecule has 2 heteroatoms. The van der Waals surface area contributed by atoms with Crippen molar-refractivity contribution >= 4 is 17.1 Å². The standard InChI is InChI=1S/C17H20O2/c1-2-3-4-5-10-19-17-9-8-15-11-14(13-18)6-7-16(15)12-17/h6-9,11-13H,2-5,10H2,1H3. The Morgan fingerprint density at radius 1 is 1.00 bits per heavy atom. The van der Waals surface area contributed by atoms with Gasteiger partial charge in [0.2, 0.25) is 0 Å². The van der Waals surface area contributed by atoms with Gasteiger partial charge in [-0.05, 0) is 35.4 Å². The maximum absolute atomic E-state index is 10.7. The Morgan fingerprint density at radius 3 is 2.58 bits per heavy atom. The monoisotopic (exact) mass is 256 g/mol. The summed E-state index contributed by atoms with van der Waals surface area (Å²) in [7, 11) is 0. The minimum atomic E-state index is 0.709. The highest BCUT2D eigenvalue weighted by Gasteiger charge is 1.99. The van der Waals surface area contributed by atoms with E-state index in [9.17, 15) is 4.79 Å². The molecule has 0 bridgehead atoms. The molecule has 2 nitrogen and oxygen atoms in total. The summed E-state index contributed by atoms with van der Waals surface area (Å²) in [6.45, 7) is 2.98. The van der Waals surface area contributed by atoms with Gasteiger partial charge in [0.15, 0.2) is 0 Å². The number of unbranched alkanes of at least 4 members (excludes halogenated alkanes) is 3. The molecule has 0 saturated heterocycles. The van der Waals surface area contributed by atoms with Crippen LogP contribution in [0.1, 0.15) is 43.0 Å². The SMILES string of the molecule is CCCCCCOc1ccc2cc(C=O)ccc2c1. The maximum Gasteiger partial charge on any atom is 0.150 e. The van der Waals surface area contributed by atoms with Crippen molar-refractivity contribution in [2.45, 2.75) is 32.6 Å². The molecule has 0 aliphatic carbocycles. The Labute approximate surface area is 114 Å². The largest absolute Gasteiger partial charge is 0.494 e. The second-order valence-electron chi connectivity index (χ2n) is 4.80. The normalized spacial score (nSPS) is 10.6. The van der Waals surface area contributed by atoms with Crippen LogP contribution in [0.25, 0.3) is 10.8 Å². The number of hydrogen-bond acceptors (Lipinski definition) is 2. The summed E-state index contributed by atoms with van der Waals surface area (Å²) < 4.78 is 5.75. The molecule has 100 valence electrons. The van der Waals surface area contributed by atoms with Crippen molar-refractivity contribution in [3.8, 4) is 5.75 Å². The first-order valence-corrected chi connectivity index (χ1v) is 6.95. The fourth-order valence-corrected chi connectivity index (χ4v) is 2.12. The van der Waals surface area contributed by atoms with Crippen LogP contribution in [0.3, 0.4) is 0 Å². The van der Waals surface area contributed by atoms with Gasteiger partial charge in [-0.3, -0.25) is 4.79 Å². The molecule has 0 aromatic heterocycles. The summed E-state index contributed by atoms with van der Waals surface area (Å²) in [6, 6.07) is 11.7. The molecule has 0 amide bonds. The van der Waals surface area contributed by atoms with E-state index in [1.807, 2.05) is 36.4 Å². The number of carbonyl (C=O) groups is 1. The molecule has 0 radical (unpaired) electrons.